The van der Waals surface area contributed by atoms with E-state index in [0.717, 1.165) is 17.8 Å². The summed E-state index contributed by atoms with van der Waals surface area (Å²) >= 11 is 1.09. The molecule has 82 valence electrons. The number of aromatic carboxylic acids is 1. The summed E-state index contributed by atoms with van der Waals surface area (Å²) in [5.41, 5.74) is 0.680. The van der Waals surface area contributed by atoms with Crippen molar-refractivity contribution in [3.63, 3.8) is 0 Å². The molecule has 0 aromatic carbocycles. The number of carboxylic acid groups (broad SMARTS) is 1. The molecule has 0 fully saturated rings. The van der Waals surface area contributed by atoms with Gasteiger partial charge in [0, 0.05) is 6.42 Å². The number of hydrogen-bond donors (Lipinski definition) is 2. The van der Waals surface area contributed by atoms with Crippen LogP contribution in [0.3, 0.4) is 0 Å². The van der Waals surface area contributed by atoms with Crippen molar-refractivity contribution in [2.24, 2.45) is 0 Å². The molecule has 15 heavy (non-hydrogen) atoms. The van der Waals surface area contributed by atoms with Crippen LogP contribution in [0, 0.1) is 6.92 Å². The summed E-state index contributed by atoms with van der Waals surface area (Å²) in [6, 6.07) is 1.68. The van der Waals surface area contributed by atoms with Gasteiger partial charge in [0.1, 0.15) is 4.88 Å². The first-order valence-electron chi connectivity index (χ1n) is 4.68. The summed E-state index contributed by atoms with van der Waals surface area (Å²) in [5, 5.41) is 12.1. The molecule has 1 rings (SSSR count). The third-order valence-corrected chi connectivity index (χ3v) is 2.99. The summed E-state index contributed by atoms with van der Waals surface area (Å²) in [7, 11) is 0. The molecule has 0 spiro atoms. The van der Waals surface area contributed by atoms with Gasteiger partial charge in [0.2, 0.25) is 5.91 Å². The van der Waals surface area contributed by atoms with Gasteiger partial charge in [-0.15, -0.1) is 11.3 Å². The number of aryl methyl sites for hydroxylation is 1. The first-order valence-corrected chi connectivity index (χ1v) is 5.49. The van der Waals surface area contributed by atoms with Gasteiger partial charge in [0.15, 0.2) is 0 Å². The first kappa shape index (κ1) is 11.7. The standard InChI is InChI=1S/C10H13NO3S/c1-3-4-7(12)11-8-5-6(2)9(15-8)10(13)14/h5H,3-4H2,1-2H3,(H,11,12)(H,13,14). The van der Waals surface area contributed by atoms with Gasteiger partial charge in [0.25, 0.3) is 0 Å². The van der Waals surface area contributed by atoms with Crippen LogP contribution in [0.15, 0.2) is 6.07 Å². The molecule has 0 atom stereocenters. The summed E-state index contributed by atoms with van der Waals surface area (Å²) in [6.07, 6.45) is 1.24. The average Bonchev–Trinajstić information content (AvgIpc) is 2.47. The Bertz CT molecular complexity index is 384. The second-order valence-electron chi connectivity index (χ2n) is 3.23. The Morgan fingerprint density at radius 1 is 1.53 bits per heavy atom. The van der Waals surface area contributed by atoms with E-state index in [2.05, 4.69) is 5.32 Å². The molecule has 0 bridgehead atoms. The molecule has 1 heterocycles. The third-order valence-electron chi connectivity index (χ3n) is 1.85. The smallest absolute Gasteiger partial charge is 0.346 e. The molecule has 5 heteroatoms. The van der Waals surface area contributed by atoms with Crippen LogP contribution in [-0.4, -0.2) is 17.0 Å². The zero-order valence-electron chi connectivity index (χ0n) is 8.66. The fraction of sp³-hybridized carbons (Fsp3) is 0.400. The molecule has 0 radical (unpaired) electrons. The molecule has 4 nitrogen and oxygen atoms in total. The van der Waals surface area contributed by atoms with Gasteiger partial charge in [-0.2, -0.15) is 0 Å². The van der Waals surface area contributed by atoms with Crippen LogP contribution in [0.25, 0.3) is 0 Å². The number of hydrogen-bond acceptors (Lipinski definition) is 3. The number of carboxylic acids is 1. The average molecular weight is 227 g/mol. The normalized spacial score (nSPS) is 10.0. The number of amides is 1. The number of thiophene rings is 1. The maximum atomic E-state index is 11.3. The highest BCUT2D eigenvalue weighted by atomic mass is 32.1. The molecule has 2 N–H and O–H groups in total. The lowest BCUT2D eigenvalue weighted by atomic mass is 10.3. The molecular weight excluding hydrogens is 214 g/mol. The van der Waals surface area contributed by atoms with Crippen LogP contribution in [0.4, 0.5) is 5.00 Å². The van der Waals surface area contributed by atoms with Gasteiger partial charge in [-0.3, -0.25) is 4.79 Å². The van der Waals surface area contributed by atoms with Gasteiger partial charge in [-0.05, 0) is 25.0 Å². The first-order chi connectivity index (χ1) is 7.04. The summed E-state index contributed by atoms with van der Waals surface area (Å²) in [5.74, 6) is -1.02. The van der Waals surface area contributed by atoms with Crippen LogP contribution in [0.1, 0.15) is 35.0 Å². The minimum Gasteiger partial charge on any atom is -0.477 e. The largest absolute Gasteiger partial charge is 0.477 e. The van der Waals surface area contributed by atoms with E-state index in [9.17, 15) is 9.59 Å². The molecule has 0 saturated heterocycles. The van der Waals surface area contributed by atoms with Crippen molar-refractivity contribution in [1.82, 2.24) is 0 Å². The highest BCUT2D eigenvalue weighted by Crippen LogP contribution is 2.26. The summed E-state index contributed by atoms with van der Waals surface area (Å²) in [4.78, 5) is 22.3. The molecule has 0 aliphatic heterocycles. The summed E-state index contributed by atoms with van der Waals surface area (Å²) in [6.45, 7) is 3.64. The highest BCUT2D eigenvalue weighted by Gasteiger charge is 2.13. The van der Waals surface area contributed by atoms with E-state index in [4.69, 9.17) is 5.11 Å². The van der Waals surface area contributed by atoms with Crippen molar-refractivity contribution >= 4 is 28.2 Å². The fourth-order valence-corrected chi connectivity index (χ4v) is 2.11. The van der Waals surface area contributed by atoms with E-state index in [-0.39, 0.29) is 10.8 Å². The minimum atomic E-state index is -0.950. The maximum absolute atomic E-state index is 11.3. The van der Waals surface area contributed by atoms with Gasteiger partial charge >= 0.3 is 5.97 Å². The third kappa shape index (κ3) is 3.06. The van der Waals surface area contributed by atoms with Crippen molar-refractivity contribution in [3.8, 4) is 0 Å². The molecular formula is C10H13NO3S. The lowest BCUT2D eigenvalue weighted by Gasteiger charge is -1.98. The van der Waals surface area contributed by atoms with Crippen LogP contribution in [0.5, 0.6) is 0 Å². The molecule has 1 amide bonds. The molecule has 1 aromatic rings. The van der Waals surface area contributed by atoms with Gasteiger partial charge in [0.05, 0.1) is 5.00 Å². The van der Waals surface area contributed by atoms with Crippen LogP contribution in [0.2, 0.25) is 0 Å². The second kappa shape index (κ2) is 4.93. The van der Waals surface area contributed by atoms with Crippen molar-refractivity contribution in [2.75, 3.05) is 5.32 Å². The Morgan fingerprint density at radius 3 is 2.67 bits per heavy atom. The van der Waals surface area contributed by atoms with Gasteiger partial charge < -0.3 is 10.4 Å². The van der Waals surface area contributed by atoms with E-state index in [1.54, 1.807) is 13.0 Å². The zero-order valence-corrected chi connectivity index (χ0v) is 9.48. The van der Waals surface area contributed by atoms with E-state index in [0.29, 0.717) is 17.0 Å². The maximum Gasteiger partial charge on any atom is 0.346 e. The molecule has 0 aliphatic rings. The van der Waals surface area contributed by atoms with Crippen molar-refractivity contribution in [2.45, 2.75) is 26.7 Å². The van der Waals surface area contributed by atoms with Crippen molar-refractivity contribution in [1.29, 1.82) is 0 Å². The quantitative estimate of drug-likeness (QED) is 0.830. The molecule has 1 aromatic heterocycles. The lowest BCUT2D eigenvalue weighted by Crippen LogP contribution is -2.09. The van der Waals surface area contributed by atoms with Crippen LogP contribution in [-0.2, 0) is 4.79 Å². The van der Waals surface area contributed by atoms with Gasteiger partial charge in [-0.25, -0.2) is 4.79 Å². The highest BCUT2D eigenvalue weighted by molar-refractivity contribution is 7.18. The SMILES string of the molecule is CCCC(=O)Nc1cc(C)c(C(=O)O)s1. The van der Waals surface area contributed by atoms with Crippen LogP contribution < -0.4 is 5.32 Å². The van der Waals surface area contributed by atoms with Gasteiger partial charge in [-0.1, -0.05) is 6.92 Å². The fourth-order valence-electron chi connectivity index (χ4n) is 1.18. The van der Waals surface area contributed by atoms with E-state index in [1.165, 1.54) is 0 Å². The monoisotopic (exact) mass is 227 g/mol. The molecule has 0 unspecified atom stereocenters. The zero-order chi connectivity index (χ0) is 11.4. The molecule has 0 saturated carbocycles. The number of rotatable bonds is 4. The lowest BCUT2D eigenvalue weighted by molar-refractivity contribution is -0.116. The number of carbonyl (C=O) groups excluding carboxylic acids is 1. The topological polar surface area (TPSA) is 66.4 Å². The predicted octanol–water partition coefficient (Wildman–Crippen LogP) is 2.49. The number of anilines is 1. The number of nitrogens with one attached hydrogen (secondary N) is 1. The van der Waals surface area contributed by atoms with E-state index in [1.807, 2.05) is 6.92 Å². The Balaban J connectivity index is 2.75. The van der Waals surface area contributed by atoms with E-state index >= 15 is 0 Å². The number of carbonyl (C=O) groups is 2. The second-order valence-corrected chi connectivity index (χ2v) is 4.28. The summed E-state index contributed by atoms with van der Waals surface area (Å²) < 4.78 is 0. The predicted molar refractivity (Wildman–Crippen MR) is 59.6 cm³/mol. The Morgan fingerprint density at radius 2 is 2.20 bits per heavy atom. The molecule has 0 aliphatic carbocycles. The van der Waals surface area contributed by atoms with Crippen molar-refractivity contribution in [3.05, 3.63) is 16.5 Å². The Labute approximate surface area is 91.9 Å². The van der Waals surface area contributed by atoms with Crippen LogP contribution >= 0.6 is 11.3 Å². The Kier molecular flexibility index (Phi) is 3.85. The Hall–Kier alpha value is -1.36. The van der Waals surface area contributed by atoms with E-state index < -0.39 is 5.97 Å². The van der Waals surface area contributed by atoms with Crippen molar-refractivity contribution < 1.29 is 14.7 Å². The minimum absolute atomic E-state index is 0.0734.